The van der Waals surface area contributed by atoms with Crippen LogP contribution < -0.4 is 5.32 Å². The van der Waals surface area contributed by atoms with E-state index in [2.05, 4.69) is 44.8 Å². The average molecular weight is 275 g/mol. The molecule has 0 amide bonds. The molecule has 0 saturated heterocycles. The second kappa shape index (κ2) is 6.23. The van der Waals surface area contributed by atoms with Crippen LogP contribution in [0.2, 0.25) is 0 Å². The molecule has 0 radical (unpaired) electrons. The third-order valence-electron chi connectivity index (χ3n) is 3.52. The number of methoxy groups -OCH3 is 1. The maximum Gasteiger partial charge on any atom is 0.330 e. The molecule has 0 aromatic heterocycles. The van der Waals surface area contributed by atoms with Crippen LogP contribution in [-0.2, 0) is 20.5 Å². The highest BCUT2D eigenvalue weighted by atomic mass is 16.5. The molecule has 1 rings (SSSR count). The fourth-order valence-electron chi connectivity index (χ4n) is 2.08. The summed E-state index contributed by atoms with van der Waals surface area (Å²) >= 11 is 0. The lowest BCUT2D eigenvalue weighted by Gasteiger charge is -2.29. The summed E-state index contributed by atoms with van der Waals surface area (Å²) in [6.07, 6.45) is 1.73. The van der Waals surface area contributed by atoms with E-state index in [9.17, 15) is 4.79 Å². The Morgan fingerprint density at radius 2 is 1.70 bits per heavy atom. The van der Waals surface area contributed by atoms with Gasteiger partial charge in [-0.15, -0.1) is 6.58 Å². The summed E-state index contributed by atoms with van der Waals surface area (Å²) in [5, 5.41) is 3.18. The van der Waals surface area contributed by atoms with E-state index in [1.165, 1.54) is 12.7 Å². The first-order valence-electron chi connectivity index (χ1n) is 6.81. The number of esters is 1. The predicted octanol–water partition coefficient (Wildman–Crippen LogP) is 3.15. The summed E-state index contributed by atoms with van der Waals surface area (Å²) in [4.78, 5) is 12.1. The summed E-state index contributed by atoms with van der Waals surface area (Å²) in [6, 6.07) is 8.08. The number of hydrogen-bond donors (Lipinski definition) is 1. The molecule has 0 fully saturated rings. The van der Waals surface area contributed by atoms with E-state index in [1.807, 2.05) is 19.1 Å². The Balaban J connectivity index is 3.15. The maximum absolute atomic E-state index is 12.1. The zero-order chi connectivity index (χ0) is 15.4. The van der Waals surface area contributed by atoms with Crippen LogP contribution in [0.25, 0.3) is 0 Å². The van der Waals surface area contributed by atoms with Gasteiger partial charge in [0, 0.05) is 6.54 Å². The number of ether oxygens (including phenoxy) is 1. The van der Waals surface area contributed by atoms with Gasteiger partial charge in [0.2, 0.25) is 0 Å². The van der Waals surface area contributed by atoms with E-state index in [0.29, 0.717) is 6.54 Å². The minimum absolute atomic E-state index is 0.0920. The highest BCUT2D eigenvalue weighted by molar-refractivity contribution is 5.82. The number of benzene rings is 1. The van der Waals surface area contributed by atoms with Crippen LogP contribution in [0.4, 0.5) is 0 Å². The van der Waals surface area contributed by atoms with Gasteiger partial charge in [0.1, 0.15) is 5.54 Å². The van der Waals surface area contributed by atoms with Crippen molar-refractivity contribution in [3.8, 4) is 0 Å². The molecule has 0 bridgehead atoms. The summed E-state index contributed by atoms with van der Waals surface area (Å²) in [7, 11) is 1.40. The number of hydrogen-bond acceptors (Lipinski definition) is 3. The van der Waals surface area contributed by atoms with Crippen LogP contribution in [0.1, 0.15) is 38.8 Å². The molecular formula is C17H25NO2. The smallest absolute Gasteiger partial charge is 0.330 e. The zero-order valence-corrected chi connectivity index (χ0v) is 13.1. The first kappa shape index (κ1) is 16.4. The first-order valence-corrected chi connectivity index (χ1v) is 6.81. The molecule has 0 aliphatic carbocycles. The largest absolute Gasteiger partial charge is 0.467 e. The molecule has 0 aliphatic rings. The Bertz CT molecular complexity index is 471. The van der Waals surface area contributed by atoms with Crippen molar-refractivity contribution in [3.63, 3.8) is 0 Å². The average Bonchev–Trinajstić information content (AvgIpc) is 2.43. The molecule has 1 N–H and O–H groups in total. The molecule has 1 aromatic carbocycles. The lowest BCUT2D eigenvalue weighted by atomic mass is 9.84. The predicted molar refractivity (Wildman–Crippen MR) is 82.7 cm³/mol. The van der Waals surface area contributed by atoms with Gasteiger partial charge in [0.25, 0.3) is 0 Å². The maximum atomic E-state index is 12.1. The van der Waals surface area contributed by atoms with Crippen molar-refractivity contribution in [3.05, 3.63) is 48.0 Å². The van der Waals surface area contributed by atoms with E-state index in [0.717, 1.165) is 5.56 Å². The lowest BCUT2D eigenvalue weighted by molar-refractivity contribution is -0.148. The van der Waals surface area contributed by atoms with Crippen LogP contribution >= 0.6 is 0 Å². The molecule has 1 unspecified atom stereocenters. The van der Waals surface area contributed by atoms with Crippen molar-refractivity contribution in [1.82, 2.24) is 5.32 Å². The monoisotopic (exact) mass is 275 g/mol. The van der Waals surface area contributed by atoms with E-state index in [-0.39, 0.29) is 11.4 Å². The van der Waals surface area contributed by atoms with Gasteiger partial charge in [-0.3, -0.25) is 5.32 Å². The Hall–Kier alpha value is -1.61. The normalized spacial score (nSPS) is 14.4. The van der Waals surface area contributed by atoms with Gasteiger partial charge >= 0.3 is 5.97 Å². The molecule has 0 saturated carbocycles. The molecule has 0 spiro atoms. The molecule has 1 atom stereocenters. The summed E-state index contributed by atoms with van der Waals surface area (Å²) in [5.41, 5.74) is 1.35. The lowest BCUT2D eigenvalue weighted by Crippen LogP contribution is -2.47. The molecule has 110 valence electrons. The molecule has 20 heavy (non-hydrogen) atoms. The van der Waals surface area contributed by atoms with Crippen molar-refractivity contribution < 1.29 is 9.53 Å². The standard InChI is InChI=1S/C17H25NO2/c1-7-12-18-17(5,15(19)20-6)14-10-8-13(9-11-14)16(2,3)4/h7-11,18H,1,12H2,2-6H3. The topological polar surface area (TPSA) is 38.3 Å². The van der Waals surface area contributed by atoms with Gasteiger partial charge in [-0.05, 0) is 23.5 Å². The van der Waals surface area contributed by atoms with Gasteiger partial charge < -0.3 is 4.74 Å². The molecule has 0 aliphatic heterocycles. The molecule has 3 nitrogen and oxygen atoms in total. The van der Waals surface area contributed by atoms with Crippen LogP contribution in [0.5, 0.6) is 0 Å². The number of nitrogens with one attached hydrogen (secondary N) is 1. The SMILES string of the molecule is C=CCNC(C)(C(=O)OC)c1ccc(C(C)(C)C)cc1. The van der Waals surface area contributed by atoms with Crippen LogP contribution in [0.15, 0.2) is 36.9 Å². The third kappa shape index (κ3) is 3.48. The van der Waals surface area contributed by atoms with Crippen molar-refractivity contribution >= 4 is 5.97 Å². The first-order chi connectivity index (χ1) is 9.25. The zero-order valence-electron chi connectivity index (χ0n) is 13.1. The number of rotatable bonds is 5. The second-order valence-corrected chi connectivity index (χ2v) is 6.11. The van der Waals surface area contributed by atoms with Crippen molar-refractivity contribution in [2.45, 2.75) is 38.6 Å². The quantitative estimate of drug-likeness (QED) is 0.662. The summed E-state index contributed by atoms with van der Waals surface area (Å²) < 4.78 is 4.93. The minimum Gasteiger partial charge on any atom is -0.467 e. The Kier molecular flexibility index (Phi) is 5.12. The van der Waals surface area contributed by atoms with Crippen LogP contribution in [0, 0.1) is 0 Å². The van der Waals surface area contributed by atoms with Crippen molar-refractivity contribution in [2.24, 2.45) is 0 Å². The van der Waals surface area contributed by atoms with E-state index in [4.69, 9.17) is 4.74 Å². The molecular weight excluding hydrogens is 250 g/mol. The van der Waals surface area contributed by atoms with E-state index >= 15 is 0 Å². The Labute approximate surface area is 122 Å². The Morgan fingerprint density at radius 1 is 1.20 bits per heavy atom. The molecule has 3 heteroatoms. The molecule has 0 heterocycles. The van der Waals surface area contributed by atoms with Gasteiger partial charge in [-0.25, -0.2) is 4.79 Å². The highest BCUT2D eigenvalue weighted by Crippen LogP contribution is 2.27. The van der Waals surface area contributed by atoms with E-state index < -0.39 is 5.54 Å². The fraction of sp³-hybridized carbons (Fsp3) is 0.471. The fourth-order valence-corrected chi connectivity index (χ4v) is 2.08. The van der Waals surface area contributed by atoms with Crippen LogP contribution in [0.3, 0.4) is 0 Å². The minimum atomic E-state index is -0.862. The van der Waals surface area contributed by atoms with Gasteiger partial charge in [0.15, 0.2) is 0 Å². The Morgan fingerprint density at radius 3 is 2.10 bits per heavy atom. The summed E-state index contributed by atoms with van der Waals surface area (Å²) in [6.45, 7) is 12.5. The van der Waals surface area contributed by atoms with Crippen molar-refractivity contribution in [2.75, 3.05) is 13.7 Å². The van der Waals surface area contributed by atoms with Gasteiger partial charge in [-0.2, -0.15) is 0 Å². The highest BCUT2D eigenvalue weighted by Gasteiger charge is 2.35. The number of carbonyl (C=O) groups excluding carboxylic acids is 1. The molecule has 1 aromatic rings. The number of carbonyl (C=O) groups is 1. The summed E-state index contributed by atoms with van der Waals surface area (Å²) in [5.74, 6) is -0.303. The van der Waals surface area contributed by atoms with Gasteiger partial charge in [-0.1, -0.05) is 51.1 Å². The third-order valence-corrected chi connectivity index (χ3v) is 3.52. The van der Waals surface area contributed by atoms with Crippen LogP contribution in [-0.4, -0.2) is 19.6 Å². The van der Waals surface area contributed by atoms with E-state index in [1.54, 1.807) is 6.08 Å². The second-order valence-electron chi connectivity index (χ2n) is 6.11. The van der Waals surface area contributed by atoms with Crippen molar-refractivity contribution in [1.29, 1.82) is 0 Å². The van der Waals surface area contributed by atoms with Gasteiger partial charge in [0.05, 0.1) is 7.11 Å².